The molecule has 1 fully saturated rings. The number of ether oxygens (including phenoxy) is 1. The molecule has 0 bridgehead atoms. The van der Waals surface area contributed by atoms with Gasteiger partial charge in [-0.15, -0.1) is 0 Å². The zero-order chi connectivity index (χ0) is 5.98. The van der Waals surface area contributed by atoms with E-state index in [1.807, 2.05) is 6.92 Å². The minimum Gasteiger partial charge on any atom is -0.371 e. The van der Waals surface area contributed by atoms with Crippen molar-refractivity contribution in [3.05, 3.63) is 0 Å². The summed E-state index contributed by atoms with van der Waals surface area (Å²) < 4.78 is 5.04. The number of Topliss-reactive ketones (excluding diaryl/α,β-unsaturated/α-hetero) is 1. The Morgan fingerprint density at radius 1 is 1.75 bits per heavy atom. The molecule has 2 heteroatoms. The van der Waals surface area contributed by atoms with Crippen LogP contribution < -0.4 is 0 Å². The van der Waals surface area contributed by atoms with Gasteiger partial charge in [-0.2, -0.15) is 0 Å². The van der Waals surface area contributed by atoms with E-state index in [0.717, 1.165) is 6.42 Å². The minimum atomic E-state index is 0.239. The predicted octanol–water partition coefficient (Wildman–Crippen LogP) is 0.754. The number of carbonyl (C=O) groups is 1. The highest BCUT2D eigenvalue weighted by Gasteiger charge is 2.13. The molecular formula is C6H10O2. The van der Waals surface area contributed by atoms with E-state index in [0.29, 0.717) is 19.1 Å². The molecule has 1 aliphatic rings. The second kappa shape index (κ2) is 2.27. The normalized spacial score (nSPS) is 30.6. The first kappa shape index (κ1) is 5.76. The summed E-state index contributed by atoms with van der Waals surface area (Å²) in [4.78, 5) is 10.5. The number of carbonyl (C=O) groups excluding carboxylic acids is 1. The number of hydrogen-bond acceptors (Lipinski definition) is 2. The summed E-state index contributed by atoms with van der Waals surface area (Å²) in [6, 6.07) is 0. The molecule has 0 N–H and O–H groups in total. The Labute approximate surface area is 48.8 Å². The van der Waals surface area contributed by atoms with Crippen LogP contribution in [0.1, 0.15) is 19.8 Å². The lowest BCUT2D eigenvalue weighted by atomic mass is 10.1. The van der Waals surface area contributed by atoms with Crippen LogP contribution in [-0.4, -0.2) is 18.5 Å². The van der Waals surface area contributed by atoms with Crippen LogP contribution in [0.4, 0.5) is 0 Å². The van der Waals surface area contributed by atoms with Gasteiger partial charge < -0.3 is 4.74 Å². The Balaban J connectivity index is 2.29. The van der Waals surface area contributed by atoms with E-state index in [2.05, 4.69) is 0 Å². The fraction of sp³-hybridized carbons (Fsp3) is 0.833. The van der Waals surface area contributed by atoms with Gasteiger partial charge in [0.2, 0.25) is 0 Å². The molecule has 1 atom stereocenters. The van der Waals surface area contributed by atoms with Gasteiger partial charge in [-0.3, -0.25) is 4.79 Å². The third-order valence-corrected chi connectivity index (χ3v) is 1.36. The van der Waals surface area contributed by atoms with Crippen LogP contribution in [0.5, 0.6) is 0 Å². The summed E-state index contributed by atoms with van der Waals surface area (Å²) in [5.74, 6) is 0.239. The lowest BCUT2D eigenvalue weighted by Gasteiger charge is -2.16. The zero-order valence-electron chi connectivity index (χ0n) is 5.02. The van der Waals surface area contributed by atoms with Crippen molar-refractivity contribution in [3.8, 4) is 0 Å². The largest absolute Gasteiger partial charge is 0.371 e. The second-order valence-corrected chi connectivity index (χ2v) is 2.20. The van der Waals surface area contributed by atoms with Crippen LogP contribution in [0.25, 0.3) is 0 Å². The third kappa shape index (κ3) is 1.30. The molecule has 2 nitrogen and oxygen atoms in total. The van der Waals surface area contributed by atoms with Crippen LogP contribution in [0.2, 0.25) is 0 Å². The van der Waals surface area contributed by atoms with Gasteiger partial charge in [-0.25, -0.2) is 0 Å². The van der Waals surface area contributed by atoms with Gasteiger partial charge in [-0.05, 0) is 13.3 Å². The van der Waals surface area contributed by atoms with E-state index in [9.17, 15) is 4.79 Å². The third-order valence-electron chi connectivity index (χ3n) is 1.36. The molecule has 1 heterocycles. The first-order valence-electron chi connectivity index (χ1n) is 2.92. The molecule has 0 aromatic rings. The number of hydrogen-bond donors (Lipinski definition) is 0. The van der Waals surface area contributed by atoms with E-state index in [1.165, 1.54) is 0 Å². The molecule has 8 heavy (non-hydrogen) atoms. The first-order chi connectivity index (χ1) is 3.79. The molecule has 0 radical (unpaired) electrons. The van der Waals surface area contributed by atoms with Crippen LogP contribution in [0.15, 0.2) is 0 Å². The summed E-state index contributed by atoms with van der Waals surface area (Å²) in [7, 11) is 0. The summed E-state index contributed by atoms with van der Waals surface area (Å²) in [6.45, 7) is 2.33. The minimum absolute atomic E-state index is 0.239. The van der Waals surface area contributed by atoms with E-state index in [4.69, 9.17) is 4.74 Å². The lowest BCUT2D eigenvalue weighted by Crippen LogP contribution is -2.22. The summed E-state index contributed by atoms with van der Waals surface area (Å²) in [6.07, 6.45) is 1.91. The van der Waals surface area contributed by atoms with Crippen molar-refractivity contribution in [3.63, 3.8) is 0 Å². The van der Waals surface area contributed by atoms with Crippen molar-refractivity contribution in [1.82, 2.24) is 0 Å². The Kier molecular flexibility index (Phi) is 1.63. The van der Waals surface area contributed by atoms with E-state index in [-0.39, 0.29) is 5.78 Å². The Bertz CT molecular complexity index is 88.7. The van der Waals surface area contributed by atoms with E-state index in [1.54, 1.807) is 0 Å². The van der Waals surface area contributed by atoms with Gasteiger partial charge in [-0.1, -0.05) is 0 Å². The fourth-order valence-electron chi connectivity index (χ4n) is 0.755. The van der Waals surface area contributed by atoms with Gasteiger partial charge >= 0.3 is 0 Å². The number of rotatable bonds is 0. The van der Waals surface area contributed by atoms with E-state index < -0.39 is 0 Å². The van der Waals surface area contributed by atoms with Gasteiger partial charge in [0.15, 0.2) is 5.78 Å². The van der Waals surface area contributed by atoms with Crippen molar-refractivity contribution in [2.75, 3.05) is 6.61 Å². The molecule has 46 valence electrons. The fourth-order valence-corrected chi connectivity index (χ4v) is 0.755. The van der Waals surface area contributed by atoms with Crippen molar-refractivity contribution >= 4 is 5.78 Å². The average Bonchev–Trinajstić information content (AvgIpc) is 1.77. The van der Waals surface area contributed by atoms with Crippen molar-refractivity contribution in [2.45, 2.75) is 25.9 Å². The Morgan fingerprint density at radius 2 is 2.50 bits per heavy atom. The van der Waals surface area contributed by atoms with Gasteiger partial charge in [0.1, 0.15) is 6.61 Å². The maximum Gasteiger partial charge on any atom is 0.158 e. The van der Waals surface area contributed by atoms with Crippen LogP contribution in [0.3, 0.4) is 0 Å². The predicted molar refractivity (Wildman–Crippen MR) is 29.7 cm³/mol. The van der Waals surface area contributed by atoms with Crippen LogP contribution in [-0.2, 0) is 9.53 Å². The number of ketones is 1. The highest BCUT2D eigenvalue weighted by atomic mass is 16.5. The Morgan fingerprint density at radius 3 is 2.88 bits per heavy atom. The average molecular weight is 114 g/mol. The SMILES string of the molecule is C[C@H]1CCC(=O)CO1. The molecule has 0 unspecified atom stereocenters. The molecule has 0 amide bonds. The molecule has 0 saturated carbocycles. The van der Waals surface area contributed by atoms with Crippen molar-refractivity contribution in [2.24, 2.45) is 0 Å². The summed E-state index contributed by atoms with van der Waals surface area (Å²) in [5.41, 5.74) is 0. The quantitative estimate of drug-likeness (QED) is 0.464. The summed E-state index contributed by atoms with van der Waals surface area (Å²) >= 11 is 0. The van der Waals surface area contributed by atoms with Gasteiger partial charge in [0, 0.05) is 6.42 Å². The molecule has 1 rings (SSSR count). The monoisotopic (exact) mass is 114 g/mol. The molecule has 0 spiro atoms. The highest BCUT2D eigenvalue weighted by molar-refractivity contribution is 5.80. The topological polar surface area (TPSA) is 26.3 Å². The molecular weight excluding hydrogens is 104 g/mol. The standard InChI is InChI=1S/C6H10O2/c1-5-2-3-6(7)4-8-5/h5H,2-4H2,1H3/t5-/m0/s1. The molecule has 0 aliphatic carbocycles. The van der Waals surface area contributed by atoms with Crippen molar-refractivity contribution < 1.29 is 9.53 Å². The maximum absolute atomic E-state index is 10.5. The highest BCUT2D eigenvalue weighted by Crippen LogP contribution is 2.07. The lowest BCUT2D eigenvalue weighted by molar-refractivity contribution is -0.130. The van der Waals surface area contributed by atoms with E-state index >= 15 is 0 Å². The van der Waals surface area contributed by atoms with Crippen molar-refractivity contribution in [1.29, 1.82) is 0 Å². The first-order valence-corrected chi connectivity index (χ1v) is 2.92. The van der Waals surface area contributed by atoms with Gasteiger partial charge in [0.05, 0.1) is 6.10 Å². The summed E-state index contributed by atoms with van der Waals surface area (Å²) in [5, 5.41) is 0. The van der Waals surface area contributed by atoms with Crippen LogP contribution >= 0.6 is 0 Å². The molecule has 1 aliphatic heterocycles. The molecule has 0 aromatic heterocycles. The smallest absolute Gasteiger partial charge is 0.158 e. The molecule has 1 saturated heterocycles. The second-order valence-electron chi connectivity index (χ2n) is 2.20. The molecule has 0 aromatic carbocycles. The maximum atomic E-state index is 10.5. The Hall–Kier alpha value is -0.370. The van der Waals surface area contributed by atoms with Crippen LogP contribution in [0, 0.1) is 0 Å². The van der Waals surface area contributed by atoms with Gasteiger partial charge in [0.25, 0.3) is 0 Å². The zero-order valence-corrected chi connectivity index (χ0v) is 5.02.